The second kappa shape index (κ2) is 5.48. The number of piperidine rings is 1. The first-order chi connectivity index (χ1) is 8.57. The monoisotopic (exact) mass is 274 g/mol. The van der Waals surface area contributed by atoms with Crippen LogP contribution in [0, 0.1) is 0 Å². The largest absolute Gasteiger partial charge is 0.393 e. The van der Waals surface area contributed by atoms with Gasteiger partial charge in [-0.2, -0.15) is 0 Å². The molecular weight excluding hydrogens is 259 g/mol. The summed E-state index contributed by atoms with van der Waals surface area (Å²) in [4.78, 5) is 4.04. The molecule has 1 fully saturated rings. The van der Waals surface area contributed by atoms with Crippen molar-refractivity contribution >= 4 is 11.6 Å². The van der Waals surface area contributed by atoms with Gasteiger partial charge in [-0.25, -0.2) is 4.39 Å². The Kier molecular flexibility index (Phi) is 4.17. The van der Waals surface area contributed by atoms with Crippen molar-refractivity contribution < 1.29 is 14.6 Å². The lowest BCUT2D eigenvalue weighted by Gasteiger charge is -2.30. The highest BCUT2D eigenvalue weighted by atomic mass is 35.5. The summed E-state index contributed by atoms with van der Waals surface area (Å²) < 4.78 is 14.7. The van der Waals surface area contributed by atoms with E-state index in [0.29, 0.717) is 31.5 Å². The van der Waals surface area contributed by atoms with E-state index in [1.54, 1.807) is 0 Å². The Morgan fingerprint density at radius 1 is 1.50 bits per heavy atom. The number of pyridine rings is 1. The van der Waals surface area contributed by atoms with Crippen LogP contribution in [0.25, 0.3) is 0 Å². The fourth-order valence-electron chi connectivity index (χ4n) is 2.13. The third-order valence-electron chi connectivity index (χ3n) is 3.24. The minimum Gasteiger partial charge on any atom is -0.393 e. The number of hydrogen-bond donors (Lipinski definition) is 3. The second-order valence-electron chi connectivity index (χ2n) is 4.51. The normalized spacial score (nSPS) is 20.7. The number of nitrogens with one attached hydrogen (secondary N) is 1. The first kappa shape index (κ1) is 13.7. The maximum Gasteiger partial charge on any atom is 0.156 e. The van der Waals surface area contributed by atoms with Crippen LogP contribution in [0.2, 0.25) is 5.02 Å². The lowest BCUT2D eigenvalue weighted by atomic mass is 9.90. The summed E-state index contributed by atoms with van der Waals surface area (Å²) >= 11 is 6.04. The SMILES string of the molecule is OCC(O)c1cnc(C2(F)CCNCC2)c(Cl)c1. The number of nitrogens with zero attached hydrogens (tertiary/aromatic N) is 1. The van der Waals surface area contributed by atoms with Crippen LogP contribution in [0.4, 0.5) is 4.39 Å². The molecule has 0 radical (unpaired) electrons. The Bertz CT molecular complexity index is 425. The van der Waals surface area contributed by atoms with Crippen LogP contribution in [-0.2, 0) is 5.67 Å². The Morgan fingerprint density at radius 2 is 2.17 bits per heavy atom. The zero-order valence-corrected chi connectivity index (χ0v) is 10.6. The molecule has 2 heterocycles. The predicted octanol–water partition coefficient (Wildman–Crippen LogP) is 1.31. The summed E-state index contributed by atoms with van der Waals surface area (Å²) in [5.74, 6) is 0. The number of rotatable bonds is 3. The van der Waals surface area contributed by atoms with Crippen molar-refractivity contribution in [2.45, 2.75) is 24.6 Å². The minimum absolute atomic E-state index is 0.199. The van der Waals surface area contributed by atoms with Crippen molar-refractivity contribution in [1.82, 2.24) is 10.3 Å². The van der Waals surface area contributed by atoms with E-state index in [4.69, 9.17) is 16.7 Å². The van der Waals surface area contributed by atoms with Crippen LogP contribution in [-0.4, -0.2) is 34.9 Å². The standard InChI is InChI=1S/C12H16ClFN2O2/c13-9-5-8(10(18)7-17)6-16-11(9)12(14)1-3-15-4-2-12/h5-6,10,15,17-18H,1-4,7H2. The molecule has 0 spiro atoms. The number of hydrogen-bond acceptors (Lipinski definition) is 4. The molecule has 0 bridgehead atoms. The van der Waals surface area contributed by atoms with Gasteiger partial charge in [0, 0.05) is 11.8 Å². The molecule has 1 aromatic rings. The summed E-state index contributed by atoms with van der Waals surface area (Å²) in [5.41, 5.74) is -0.895. The van der Waals surface area contributed by atoms with E-state index in [-0.39, 0.29) is 10.7 Å². The average molecular weight is 275 g/mol. The number of aliphatic hydroxyl groups is 2. The van der Waals surface area contributed by atoms with Crippen LogP contribution in [0.5, 0.6) is 0 Å². The van der Waals surface area contributed by atoms with Gasteiger partial charge >= 0.3 is 0 Å². The maximum atomic E-state index is 14.7. The molecule has 0 saturated carbocycles. The Morgan fingerprint density at radius 3 is 2.72 bits per heavy atom. The molecular formula is C12H16ClFN2O2. The zero-order valence-electron chi connectivity index (χ0n) is 9.87. The highest BCUT2D eigenvalue weighted by Gasteiger charge is 2.37. The Balaban J connectivity index is 2.29. The van der Waals surface area contributed by atoms with E-state index in [1.165, 1.54) is 12.3 Å². The van der Waals surface area contributed by atoms with Crippen molar-refractivity contribution in [2.24, 2.45) is 0 Å². The van der Waals surface area contributed by atoms with E-state index in [1.807, 2.05) is 0 Å². The highest BCUT2D eigenvalue weighted by molar-refractivity contribution is 6.31. The van der Waals surface area contributed by atoms with E-state index >= 15 is 0 Å². The van der Waals surface area contributed by atoms with Gasteiger partial charge in [0.05, 0.1) is 17.3 Å². The molecule has 1 atom stereocenters. The maximum absolute atomic E-state index is 14.7. The van der Waals surface area contributed by atoms with E-state index in [0.717, 1.165) is 0 Å². The first-order valence-corrected chi connectivity index (χ1v) is 6.29. The second-order valence-corrected chi connectivity index (χ2v) is 4.92. The van der Waals surface area contributed by atoms with Crippen LogP contribution in [0.3, 0.4) is 0 Å². The van der Waals surface area contributed by atoms with Crippen molar-refractivity contribution in [3.8, 4) is 0 Å². The molecule has 4 nitrogen and oxygen atoms in total. The zero-order chi connectivity index (χ0) is 13.2. The molecule has 0 aliphatic carbocycles. The summed E-state index contributed by atoms with van der Waals surface area (Å²) in [6.45, 7) is 0.771. The van der Waals surface area contributed by atoms with Gasteiger partial charge in [-0.3, -0.25) is 4.98 Å². The van der Waals surface area contributed by atoms with Gasteiger partial charge in [-0.15, -0.1) is 0 Å². The molecule has 2 rings (SSSR count). The fraction of sp³-hybridized carbons (Fsp3) is 0.583. The summed E-state index contributed by atoms with van der Waals surface area (Å²) in [5, 5.41) is 21.6. The first-order valence-electron chi connectivity index (χ1n) is 5.91. The summed E-state index contributed by atoms with van der Waals surface area (Å²) in [6.07, 6.45) is 1.00. The highest BCUT2D eigenvalue weighted by Crippen LogP contribution is 2.38. The van der Waals surface area contributed by atoms with Gasteiger partial charge in [0.15, 0.2) is 5.67 Å². The quantitative estimate of drug-likeness (QED) is 0.778. The molecule has 6 heteroatoms. The molecule has 100 valence electrons. The fourth-order valence-corrected chi connectivity index (χ4v) is 2.47. The Hall–Kier alpha value is -0.750. The molecule has 0 amide bonds. The van der Waals surface area contributed by atoms with Crippen molar-refractivity contribution in [1.29, 1.82) is 0 Å². The summed E-state index contributed by atoms with van der Waals surface area (Å²) in [6, 6.07) is 1.47. The lowest BCUT2D eigenvalue weighted by molar-refractivity contribution is 0.0941. The van der Waals surface area contributed by atoms with Gasteiger partial charge in [0.2, 0.25) is 0 Å². The van der Waals surface area contributed by atoms with Gasteiger partial charge < -0.3 is 15.5 Å². The van der Waals surface area contributed by atoms with Crippen LogP contribution in [0.15, 0.2) is 12.3 Å². The molecule has 1 saturated heterocycles. The molecule has 18 heavy (non-hydrogen) atoms. The topological polar surface area (TPSA) is 65.4 Å². The minimum atomic E-state index is -1.51. The third-order valence-corrected chi connectivity index (χ3v) is 3.53. The van der Waals surface area contributed by atoms with Crippen molar-refractivity contribution in [3.63, 3.8) is 0 Å². The van der Waals surface area contributed by atoms with Crippen molar-refractivity contribution in [3.05, 3.63) is 28.5 Å². The molecule has 1 aliphatic rings. The number of halogens is 2. The van der Waals surface area contributed by atoms with E-state index < -0.39 is 18.4 Å². The third kappa shape index (κ3) is 2.64. The number of aliphatic hydroxyl groups excluding tert-OH is 2. The number of aromatic nitrogens is 1. The van der Waals surface area contributed by atoms with Crippen molar-refractivity contribution in [2.75, 3.05) is 19.7 Å². The van der Waals surface area contributed by atoms with E-state index in [9.17, 15) is 9.50 Å². The molecule has 1 unspecified atom stereocenters. The molecule has 3 N–H and O–H groups in total. The lowest BCUT2D eigenvalue weighted by Crippen LogP contribution is -2.37. The average Bonchev–Trinajstić information content (AvgIpc) is 2.38. The smallest absolute Gasteiger partial charge is 0.156 e. The van der Waals surface area contributed by atoms with Gasteiger partial charge in [-0.05, 0) is 32.0 Å². The predicted molar refractivity (Wildman–Crippen MR) is 66.2 cm³/mol. The van der Waals surface area contributed by atoms with Crippen LogP contribution < -0.4 is 5.32 Å². The number of alkyl halides is 1. The van der Waals surface area contributed by atoms with Gasteiger partial charge in [-0.1, -0.05) is 11.6 Å². The molecule has 0 aromatic carbocycles. The van der Waals surface area contributed by atoms with Gasteiger partial charge in [0.25, 0.3) is 0 Å². The van der Waals surface area contributed by atoms with E-state index in [2.05, 4.69) is 10.3 Å². The van der Waals surface area contributed by atoms with Crippen LogP contribution in [0.1, 0.15) is 30.2 Å². The van der Waals surface area contributed by atoms with Gasteiger partial charge in [0.1, 0.15) is 6.10 Å². The van der Waals surface area contributed by atoms with Crippen LogP contribution >= 0.6 is 11.6 Å². The molecule has 1 aliphatic heterocycles. The molecule has 1 aromatic heterocycles. The Labute approximate surface area is 110 Å². The summed E-state index contributed by atoms with van der Waals surface area (Å²) in [7, 11) is 0.